The summed E-state index contributed by atoms with van der Waals surface area (Å²) in [4.78, 5) is 12.4. The molecule has 0 aliphatic rings. The van der Waals surface area contributed by atoms with Crippen LogP contribution in [0.2, 0.25) is 5.02 Å². The van der Waals surface area contributed by atoms with Crippen LogP contribution in [0.3, 0.4) is 0 Å². The molecule has 3 heteroatoms. The first-order valence-electron chi connectivity index (χ1n) is 5.85. The molecule has 0 radical (unpaired) electrons. The van der Waals surface area contributed by atoms with E-state index in [0.717, 1.165) is 12.2 Å². The lowest BCUT2D eigenvalue weighted by Crippen LogP contribution is -2.07. The first kappa shape index (κ1) is 12.7. The number of carbonyl (C=O) groups excluding carboxylic acids is 1. The quantitative estimate of drug-likeness (QED) is 0.841. The monoisotopic (exact) mass is 259 g/mol. The van der Waals surface area contributed by atoms with Gasteiger partial charge in [0.1, 0.15) is 0 Å². The molecule has 0 amide bonds. The highest BCUT2D eigenvalue weighted by atomic mass is 35.5. The van der Waals surface area contributed by atoms with Crippen LogP contribution >= 0.6 is 11.6 Å². The molecule has 0 aliphatic heterocycles. The van der Waals surface area contributed by atoms with E-state index in [9.17, 15) is 4.79 Å². The summed E-state index contributed by atoms with van der Waals surface area (Å²) in [5, 5.41) is 3.74. The normalized spacial score (nSPS) is 10.1. The maximum Gasteiger partial charge on any atom is 0.195 e. The number of halogens is 1. The zero-order valence-electron chi connectivity index (χ0n) is 10.1. The Morgan fingerprint density at radius 1 is 1.17 bits per heavy atom. The van der Waals surface area contributed by atoms with E-state index in [1.54, 1.807) is 24.3 Å². The summed E-state index contributed by atoms with van der Waals surface area (Å²) in [7, 11) is 0. The second-order valence-electron chi connectivity index (χ2n) is 3.92. The topological polar surface area (TPSA) is 29.1 Å². The molecule has 0 atom stereocenters. The van der Waals surface area contributed by atoms with Crippen LogP contribution in [0.25, 0.3) is 0 Å². The molecule has 0 saturated heterocycles. The van der Waals surface area contributed by atoms with Gasteiger partial charge >= 0.3 is 0 Å². The molecule has 2 rings (SSSR count). The van der Waals surface area contributed by atoms with Gasteiger partial charge in [-0.15, -0.1) is 0 Å². The van der Waals surface area contributed by atoms with Crippen LogP contribution in [0.4, 0.5) is 5.69 Å². The van der Waals surface area contributed by atoms with Crippen LogP contribution in [0, 0.1) is 0 Å². The molecule has 0 fully saturated rings. The van der Waals surface area contributed by atoms with E-state index < -0.39 is 0 Å². The van der Waals surface area contributed by atoms with Crippen molar-refractivity contribution in [1.82, 2.24) is 0 Å². The van der Waals surface area contributed by atoms with Gasteiger partial charge in [0.15, 0.2) is 5.78 Å². The zero-order chi connectivity index (χ0) is 13.0. The van der Waals surface area contributed by atoms with Crippen LogP contribution in [-0.4, -0.2) is 12.3 Å². The fourth-order valence-electron chi connectivity index (χ4n) is 1.79. The van der Waals surface area contributed by atoms with Crippen molar-refractivity contribution in [3.63, 3.8) is 0 Å². The van der Waals surface area contributed by atoms with Crippen molar-refractivity contribution in [3.05, 3.63) is 64.7 Å². The summed E-state index contributed by atoms with van der Waals surface area (Å²) in [6, 6.07) is 14.5. The Bertz CT molecular complexity index is 552. The molecule has 1 N–H and O–H groups in total. The van der Waals surface area contributed by atoms with Gasteiger partial charge in [0.2, 0.25) is 0 Å². The van der Waals surface area contributed by atoms with Gasteiger partial charge in [0, 0.05) is 28.4 Å². The summed E-state index contributed by atoms with van der Waals surface area (Å²) in [6.07, 6.45) is 0. The third kappa shape index (κ3) is 2.71. The Morgan fingerprint density at radius 3 is 2.56 bits per heavy atom. The lowest BCUT2D eigenvalue weighted by Gasteiger charge is -2.10. The largest absolute Gasteiger partial charge is 0.385 e. The van der Waals surface area contributed by atoms with E-state index in [0.29, 0.717) is 16.1 Å². The molecule has 2 aromatic rings. The van der Waals surface area contributed by atoms with Gasteiger partial charge in [0.25, 0.3) is 0 Å². The summed E-state index contributed by atoms with van der Waals surface area (Å²) in [5.41, 5.74) is 2.09. The SMILES string of the molecule is CCNc1ccc(Cl)cc1C(=O)c1ccccc1. The lowest BCUT2D eigenvalue weighted by atomic mass is 10.0. The molecule has 0 heterocycles. The maximum absolute atomic E-state index is 12.4. The summed E-state index contributed by atoms with van der Waals surface area (Å²) >= 11 is 5.97. The van der Waals surface area contributed by atoms with Crippen molar-refractivity contribution in [2.75, 3.05) is 11.9 Å². The number of ketones is 1. The van der Waals surface area contributed by atoms with Crippen LogP contribution < -0.4 is 5.32 Å². The van der Waals surface area contributed by atoms with E-state index in [1.165, 1.54) is 0 Å². The number of carbonyl (C=O) groups is 1. The summed E-state index contributed by atoms with van der Waals surface area (Å²) < 4.78 is 0. The van der Waals surface area contributed by atoms with Crippen molar-refractivity contribution in [2.45, 2.75) is 6.92 Å². The standard InChI is InChI=1S/C15H14ClNO/c1-2-17-14-9-8-12(16)10-13(14)15(18)11-6-4-3-5-7-11/h3-10,17H,2H2,1H3. The molecule has 0 spiro atoms. The molecule has 0 bridgehead atoms. The molecular formula is C15H14ClNO. The summed E-state index contributed by atoms with van der Waals surface area (Å²) in [6.45, 7) is 2.75. The number of hydrogen-bond donors (Lipinski definition) is 1. The first-order valence-corrected chi connectivity index (χ1v) is 6.23. The minimum atomic E-state index is -0.0194. The van der Waals surface area contributed by atoms with Crippen LogP contribution in [0.1, 0.15) is 22.8 Å². The maximum atomic E-state index is 12.4. The predicted octanol–water partition coefficient (Wildman–Crippen LogP) is 4.00. The minimum absolute atomic E-state index is 0.0194. The molecule has 0 aromatic heterocycles. The number of benzene rings is 2. The Morgan fingerprint density at radius 2 is 1.89 bits per heavy atom. The molecule has 0 aliphatic carbocycles. The highest BCUT2D eigenvalue weighted by Gasteiger charge is 2.13. The van der Waals surface area contributed by atoms with E-state index in [-0.39, 0.29) is 5.78 Å². The molecule has 0 unspecified atom stereocenters. The Kier molecular flexibility index (Phi) is 4.00. The van der Waals surface area contributed by atoms with Crippen molar-refractivity contribution < 1.29 is 4.79 Å². The van der Waals surface area contributed by atoms with Crippen LogP contribution in [-0.2, 0) is 0 Å². The highest BCUT2D eigenvalue weighted by molar-refractivity contribution is 6.31. The van der Waals surface area contributed by atoms with Crippen molar-refractivity contribution >= 4 is 23.1 Å². The third-order valence-electron chi connectivity index (χ3n) is 2.63. The molecule has 2 aromatic carbocycles. The summed E-state index contributed by atoms with van der Waals surface area (Å²) in [5.74, 6) is -0.0194. The first-order chi connectivity index (χ1) is 8.72. The molecule has 92 valence electrons. The van der Waals surface area contributed by atoms with Crippen LogP contribution in [0.5, 0.6) is 0 Å². The molecule has 0 saturated carbocycles. The van der Waals surface area contributed by atoms with E-state index in [4.69, 9.17) is 11.6 Å². The van der Waals surface area contributed by atoms with Gasteiger partial charge < -0.3 is 5.32 Å². The number of hydrogen-bond acceptors (Lipinski definition) is 2. The lowest BCUT2D eigenvalue weighted by molar-refractivity contribution is 0.103. The number of nitrogens with one attached hydrogen (secondary N) is 1. The van der Waals surface area contributed by atoms with Crippen LogP contribution in [0.15, 0.2) is 48.5 Å². The van der Waals surface area contributed by atoms with E-state index in [1.807, 2.05) is 31.2 Å². The minimum Gasteiger partial charge on any atom is -0.385 e. The van der Waals surface area contributed by atoms with Gasteiger partial charge in [-0.05, 0) is 25.1 Å². The van der Waals surface area contributed by atoms with Gasteiger partial charge in [0.05, 0.1) is 0 Å². The third-order valence-corrected chi connectivity index (χ3v) is 2.86. The van der Waals surface area contributed by atoms with Crippen molar-refractivity contribution in [2.24, 2.45) is 0 Å². The van der Waals surface area contributed by atoms with Gasteiger partial charge in [-0.2, -0.15) is 0 Å². The average molecular weight is 260 g/mol. The molecule has 18 heavy (non-hydrogen) atoms. The Balaban J connectivity index is 2.43. The Labute approximate surface area is 112 Å². The average Bonchev–Trinajstić information content (AvgIpc) is 2.41. The van der Waals surface area contributed by atoms with Crippen molar-refractivity contribution in [1.29, 1.82) is 0 Å². The molecule has 2 nitrogen and oxygen atoms in total. The second kappa shape index (κ2) is 5.69. The van der Waals surface area contributed by atoms with Gasteiger partial charge in [-0.25, -0.2) is 0 Å². The highest BCUT2D eigenvalue weighted by Crippen LogP contribution is 2.23. The van der Waals surface area contributed by atoms with E-state index in [2.05, 4.69) is 5.32 Å². The Hall–Kier alpha value is -1.80. The fraction of sp³-hybridized carbons (Fsp3) is 0.133. The fourth-order valence-corrected chi connectivity index (χ4v) is 1.97. The van der Waals surface area contributed by atoms with E-state index >= 15 is 0 Å². The van der Waals surface area contributed by atoms with Gasteiger partial charge in [-0.3, -0.25) is 4.79 Å². The second-order valence-corrected chi connectivity index (χ2v) is 4.35. The molecular weight excluding hydrogens is 246 g/mol. The predicted molar refractivity (Wildman–Crippen MR) is 75.5 cm³/mol. The van der Waals surface area contributed by atoms with Crippen molar-refractivity contribution in [3.8, 4) is 0 Å². The van der Waals surface area contributed by atoms with Gasteiger partial charge in [-0.1, -0.05) is 41.9 Å². The number of rotatable bonds is 4. The zero-order valence-corrected chi connectivity index (χ0v) is 10.9. The smallest absolute Gasteiger partial charge is 0.195 e. The number of anilines is 1.